The first-order valence-corrected chi connectivity index (χ1v) is 8.95. The fraction of sp³-hybridized carbons (Fsp3) is 0.650. The van der Waals surface area contributed by atoms with Crippen LogP contribution in [0.4, 0.5) is 0 Å². The van der Waals surface area contributed by atoms with Gasteiger partial charge in [-0.1, -0.05) is 62.6 Å². The van der Waals surface area contributed by atoms with Crippen molar-refractivity contribution >= 4 is 5.97 Å². The summed E-state index contributed by atoms with van der Waals surface area (Å²) in [6.45, 7) is 2.24. The third kappa shape index (κ3) is 18.7. The van der Waals surface area contributed by atoms with E-state index in [9.17, 15) is 4.79 Å². The van der Waals surface area contributed by atoms with E-state index in [1.807, 2.05) is 0 Å². The monoisotopic (exact) mass is 306 g/mol. The van der Waals surface area contributed by atoms with Crippen molar-refractivity contribution in [1.82, 2.24) is 0 Å². The largest absolute Gasteiger partial charge is 0.481 e. The lowest BCUT2D eigenvalue weighted by molar-refractivity contribution is -0.137. The lowest BCUT2D eigenvalue weighted by Gasteiger charge is -1.94. The van der Waals surface area contributed by atoms with E-state index in [0.717, 1.165) is 32.1 Å². The van der Waals surface area contributed by atoms with E-state index < -0.39 is 5.97 Å². The van der Waals surface area contributed by atoms with Crippen LogP contribution in [0.5, 0.6) is 0 Å². The molecule has 0 aromatic carbocycles. The number of hydrogen-bond donors (Lipinski definition) is 1. The Morgan fingerprint density at radius 2 is 1.27 bits per heavy atom. The predicted octanol–water partition coefficient (Wildman–Crippen LogP) is 6.44. The zero-order valence-corrected chi connectivity index (χ0v) is 14.3. The summed E-state index contributed by atoms with van der Waals surface area (Å²) in [6, 6.07) is 0. The molecule has 2 heteroatoms. The van der Waals surface area contributed by atoms with Crippen molar-refractivity contribution < 1.29 is 9.90 Å². The quantitative estimate of drug-likeness (QED) is 0.215. The van der Waals surface area contributed by atoms with Gasteiger partial charge in [0.2, 0.25) is 0 Å². The molecule has 0 aliphatic heterocycles. The van der Waals surface area contributed by atoms with Crippen LogP contribution in [0.15, 0.2) is 36.5 Å². The van der Waals surface area contributed by atoms with Gasteiger partial charge in [0.15, 0.2) is 0 Å². The van der Waals surface area contributed by atoms with Gasteiger partial charge in [0.05, 0.1) is 0 Å². The van der Waals surface area contributed by atoms with Crippen molar-refractivity contribution in [2.24, 2.45) is 0 Å². The maximum atomic E-state index is 10.3. The second-order valence-electron chi connectivity index (χ2n) is 5.75. The van der Waals surface area contributed by atoms with Crippen molar-refractivity contribution in [2.45, 2.75) is 84.0 Å². The third-order valence-corrected chi connectivity index (χ3v) is 3.53. The predicted molar refractivity (Wildman–Crippen MR) is 96.1 cm³/mol. The van der Waals surface area contributed by atoms with Gasteiger partial charge in [-0.25, -0.2) is 0 Å². The molecule has 0 aliphatic carbocycles. The molecule has 0 fully saturated rings. The molecule has 0 amide bonds. The molecule has 0 saturated heterocycles. The molecule has 0 unspecified atom stereocenters. The van der Waals surface area contributed by atoms with E-state index in [1.54, 1.807) is 0 Å². The second kappa shape index (κ2) is 17.7. The molecule has 0 aliphatic rings. The van der Waals surface area contributed by atoms with Crippen LogP contribution in [0, 0.1) is 0 Å². The smallest absolute Gasteiger partial charge is 0.303 e. The highest BCUT2D eigenvalue weighted by Gasteiger charge is 1.94. The van der Waals surface area contributed by atoms with Crippen LogP contribution in [0.25, 0.3) is 0 Å². The number of unbranched alkanes of at least 4 members (excludes halogenated alkanes) is 8. The van der Waals surface area contributed by atoms with Crippen LogP contribution in [-0.2, 0) is 4.79 Å². The van der Waals surface area contributed by atoms with Crippen molar-refractivity contribution in [1.29, 1.82) is 0 Å². The molecule has 0 aromatic rings. The molecule has 0 rings (SSSR count). The average Bonchev–Trinajstić information content (AvgIpc) is 2.50. The first-order chi connectivity index (χ1) is 10.8. The lowest BCUT2D eigenvalue weighted by atomic mass is 10.1. The second-order valence-corrected chi connectivity index (χ2v) is 5.75. The highest BCUT2D eigenvalue weighted by molar-refractivity contribution is 5.66. The van der Waals surface area contributed by atoms with E-state index >= 15 is 0 Å². The van der Waals surface area contributed by atoms with Gasteiger partial charge in [-0.05, 0) is 51.4 Å². The molecule has 126 valence electrons. The van der Waals surface area contributed by atoms with E-state index in [1.165, 1.54) is 38.5 Å². The summed E-state index contributed by atoms with van der Waals surface area (Å²) in [5, 5.41) is 8.51. The Labute approximate surface area is 137 Å². The summed E-state index contributed by atoms with van der Waals surface area (Å²) < 4.78 is 0. The van der Waals surface area contributed by atoms with Gasteiger partial charge in [-0.15, -0.1) is 0 Å². The molecule has 0 radical (unpaired) electrons. The molecule has 0 heterocycles. The van der Waals surface area contributed by atoms with E-state index in [2.05, 4.69) is 43.4 Å². The summed E-state index contributed by atoms with van der Waals surface area (Å²) in [6.07, 6.45) is 26.3. The lowest BCUT2D eigenvalue weighted by Crippen LogP contribution is -1.92. The Morgan fingerprint density at radius 1 is 0.727 bits per heavy atom. The third-order valence-electron chi connectivity index (χ3n) is 3.53. The molecular formula is C20H34O2. The Hall–Kier alpha value is -1.31. The number of allylic oxidation sites excluding steroid dienone is 6. The molecule has 0 aromatic heterocycles. The molecular weight excluding hydrogens is 272 g/mol. The summed E-state index contributed by atoms with van der Waals surface area (Å²) in [5.41, 5.74) is 0. The molecule has 2 nitrogen and oxygen atoms in total. The standard InChI is InChI=1S/C20H34O2/c1-2-3-4-5-6-7-8-9-10-11-12-13-14-15-16-17-18-19-20(21)22/h7-10,14-15H,2-6,11-13,16-19H2,1H3,(H,21,22)/b8-7+,10-9+,15-14+. The van der Waals surface area contributed by atoms with Crippen LogP contribution in [-0.4, -0.2) is 11.1 Å². The summed E-state index contributed by atoms with van der Waals surface area (Å²) in [4.78, 5) is 10.3. The fourth-order valence-corrected chi connectivity index (χ4v) is 2.17. The van der Waals surface area contributed by atoms with Gasteiger partial charge in [0.25, 0.3) is 0 Å². The Morgan fingerprint density at radius 3 is 1.91 bits per heavy atom. The zero-order chi connectivity index (χ0) is 16.3. The van der Waals surface area contributed by atoms with E-state index in [-0.39, 0.29) is 0 Å². The highest BCUT2D eigenvalue weighted by atomic mass is 16.4. The maximum absolute atomic E-state index is 10.3. The first-order valence-electron chi connectivity index (χ1n) is 8.95. The van der Waals surface area contributed by atoms with Crippen LogP contribution in [0.1, 0.15) is 84.0 Å². The number of aliphatic carboxylic acids is 1. The topological polar surface area (TPSA) is 37.3 Å². The van der Waals surface area contributed by atoms with Crippen molar-refractivity contribution in [3.05, 3.63) is 36.5 Å². The normalized spacial score (nSPS) is 12.0. The summed E-state index contributed by atoms with van der Waals surface area (Å²) in [7, 11) is 0. The average molecular weight is 306 g/mol. The molecule has 0 bridgehead atoms. The molecule has 1 N–H and O–H groups in total. The van der Waals surface area contributed by atoms with Crippen molar-refractivity contribution in [2.75, 3.05) is 0 Å². The van der Waals surface area contributed by atoms with Gasteiger partial charge in [-0.2, -0.15) is 0 Å². The minimum absolute atomic E-state index is 0.296. The summed E-state index contributed by atoms with van der Waals surface area (Å²) >= 11 is 0. The number of carbonyl (C=O) groups is 1. The van der Waals surface area contributed by atoms with Crippen molar-refractivity contribution in [3.8, 4) is 0 Å². The van der Waals surface area contributed by atoms with Gasteiger partial charge >= 0.3 is 5.97 Å². The zero-order valence-electron chi connectivity index (χ0n) is 14.3. The van der Waals surface area contributed by atoms with Gasteiger partial charge in [0.1, 0.15) is 0 Å². The minimum Gasteiger partial charge on any atom is -0.481 e. The number of rotatable bonds is 15. The Kier molecular flexibility index (Phi) is 16.7. The van der Waals surface area contributed by atoms with E-state index in [4.69, 9.17) is 5.11 Å². The van der Waals surface area contributed by atoms with Gasteiger partial charge < -0.3 is 5.11 Å². The molecule has 0 saturated carbocycles. The van der Waals surface area contributed by atoms with Crippen LogP contribution in [0.2, 0.25) is 0 Å². The van der Waals surface area contributed by atoms with Gasteiger partial charge in [0, 0.05) is 6.42 Å². The van der Waals surface area contributed by atoms with Gasteiger partial charge in [-0.3, -0.25) is 4.79 Å². The van der Waals surface area contributed by atoms with Crippen LogP contribution in [0.3, 0.4) is 0 Å². The Bertz CT molecular complexity index is 327. The molecule has 0 spiro atoms. The molecule has 0 atom stereocenters. The Balaban J connectivity index is 3.28. The SMILES string of the molecule is CCCCCC/C=C/C=C/CCC/C=C/CCCCC(=O)O. The van der Waals surface area contributed by atoms with Crippen molar-refractivity contribution in [3.63, 3.8) is 0 Å². The number of carboxylic acid groups (broad SMARTS) is 1. The first kappa shape index (κ1) is 20.7. The summed E-state index contributed by atoms with van der Waals surface area (Å²) in [5.74, 6) is -0.689. The maximum Gasteiger partial charge on any atom is 0.303 e. The van der Waals surface area contributed by atoms with E-state index in [0.29, 0.717) is 6.42 Å². The number of carboxylic acids is 1. The minimum atomic E-state index is -0.689. The fourth-order valence-electron chi connectivity index (χ4n) is 2.17. The van der Waals surface area contributed by atoms with Crippen LogP contribution < -0.4 is 0 Å². The molecule has 22 heavy (non-hydrogen) atoms. The van der Waals surface area contributed by atoms with Crippen LogP contribution >= 0.6 is 0 Å². The number of hydrogen-bond acceptors (Lipinski definition) is 1. The highest BCUT2D eigenvalue weighted by Crippen LogP contribution is 2.04.